The number of amides is 1. The van der Waals surface area contributed by atoms with Crippen molar-refractivity contribution in [3.8, 4) is 11.3 Å². The Hall–Kier alpha value is -5.25. The van der Waals surface area contributed by atoms with Gasteiger partial charge in [0.05, 0.1) is 28.5 Å². The molecule has 0 aliphatic rings. The summed E-state index contributed by atoms with van der Waals surface area (Å²) in [5.41, 5.74) is 10.1. The van der Waals surface area contributed by atoms with Gasteiger partial charge in [-0.2, -0.15) is 0 Å². The van der Waals surface area contributed by atoms with Gasteiger partial charge in [0.25, 0.3) is 5.56 Å². The van der Waals surface area contributed by atoms with Crippen molar-refractivity contribution in [1.29, 1.82) is 0 Å². The summed E-state index contributed by atoms with van der Waals surface area (Å²) < 4.78 is 1.36. The smallest absolute Gasteiger partial charge is 0.335 e. The standard InChI is InChI=1S/C30H28N6O4/c31-30-34-23-13-12-20(14-25(23)35-30)16-33-27(37)18-36-26(21-9-5-10-22(15-21)29(39)40)17-32-24(28(36)38)11-4-8-19-6-2-1-3-7-19/h1-3,5-7,9-10,12-15,17H,4,8,11,16,18H2,(H,33,37)(H,39,40)(H3,31,34,35). The molecule has 3 aromatic carbocycles. The number of H-pyrrole nitrogens is 1. The van der Waals surface area contributed by atoms with E-state index in [1.807, 2.05) is 48.5 Å². The molecule has 10 heteroatoms. The van der Waals surface area contributed by atoms with E-state index >= 15 is 0 Å². The van der Waals surface area contributed by atoms with Crippen molar-refractivity contribution in [2.75, 3.05) is 5.73 Å². The Balaban J connectivity index is 1.38. The molecule has 0 fully saturated rings. The zero-order chi connectivity index (χ0) is 28.1. The van der Waals surface area contributed by atoms with Crippen molar-refractivity contribution in [3.05, 3.63) is 112 Å². The van der Waals surface area contributed by atoms with Gasteiger partial charge in [0.1, 0.15) is 12.2 Å². The third-order valence-corrected chi connectivity index (χ3v) is 6.61. The van der Waals surface area contributed by atoms with Crippen LogP contribution in [0.2, 0.25) is 0 Å². The number of nitrogen functional groups attached to an aromatic ring is 1. The van der Waals surface area contributed by atoms with Crippen molar-refractivity contribution in [3.63, 3.8) is 0 Å². The molecular weight excluding hydrogens is 508 g/mol. The minimum absolute atomic E-state index is 0.0720. The normalized spacial score (nSPS) is 11.0. The third kappa shape index (κ3) is 6.07. The quantitative estimate of drug-likeness (QED) is 0.213. The number of anilines is 1. The highest BCUT2D eigenvalue weighted by Gasteiger charge is 2.16. The van der Waals surface area contributed by atoms with Crippen LogP contribution in [0.5, 0.6) is 0 Å². The largest absolute Gasteiger partial charge is 0.478 e. The number of aryl methyl sites for hydroxylation is 2. The first kappa shape index (κ1) is 26.4. The van der Waals surface area contributed by atoms with E-state index in [4.69, 9.17) is 5.73 Å². The van der Waals surface area contributed by atoms with Crippen LogP contribution < -0.4 is 16.6 Å². The van der Waals surface area contributed by atoms with Gasteiger partial charge in [0, 0.05) is 12.1 Å². The molecule has 5 rings (SSSR count). The molecule has 5 aromatic rings. The van der Waals surface area contributed by atoms with Crippen LogP contribution in [-0.2, 0) is 30.7 Å². The first-order chi connectivity index (χ1) is 19.4. The van der Waals surface area contributed by atoms with Crippen molar-refractivity contribution in [1.82, 2.24) is 24.8 Å². The number of rotatable bonds is 10. The van der Waals surface area contributed by atoms with Gasteiger partial charge >= 0.3 is 5.97 Å². The van der Waals surface area contributed by atoms with Crippen molar-refractivity contribution < 1.29 is 14.7 Å². The van der Waals surface area contributed by atoms with Gasteiger partial charge < -0.3 is 21.1 Å². The molecule has 0 atom stereocenters. The number of carbonyl (C=O) groups excluding carboxylic acids is 1. The number of aromatic carboxylic acids is 1. The molecule has 0 bridgehead atoms. The number of nitrogens with two attached hydrogens (primary N) is 1. The molecule has 0 unspecified atom stereocenters. The van der Waals surface area contributed by atoms with E-state index in [1.165, 1.54) is 28.5 Å². The lowest BCUT2D eigenvalue weighted by Crippen LogP contribution is -2.34. The highest BCUT2D eigenvalue weighted by molar-refractivity contribution is 5.89. The molecule has 0 saturated heterocycles. The van der Waals surface area contributed by atoms with E-state index in [0.29, 0.717) is 35.7 Å². The Kier molecular flexibility index (Phi) is 7.68. The number of carbonyl (C=O) groups is 2. The lowest BCUT2D eigenvalue weighted by Gasteiger charge is -2.15. The van der Waals surface area contributed by atoms with Crippen LogP contribution in [0.1, 0.15) is 33.6 Å². The number of benzene rings is 3. The monoisotopic (exact) mass is 536 g/mol. The summed E-state index contributed by atoms with van der Waals surface area (Å²) in [5.74, 6) is -1.15. The van der Waals surface area contributed by atoms with Crippen molar-refractivity contribution in [2.45, 2.75) is 32.4 Å². The summed E-state index contributed by atoms with van der Waals surface area (Å²) in [4.78, 5) is 49.7. The van der Waals surface area contributed by atoms with E-state index in [-0.39, 0.29) is 30.1 Å². The summed E-state index contributed by atoms with van der Waals surface area (Å²) in [5, 5.41) is 12.3. The number of carboxylic acids is 1. The van der Waals surface area contributed by atoms with E-state index < -0.39 is 5.97 Å². The van der Waals surface area contributed by atoms with Crippen LogP contribution in [0.25, 0.3) is 22.3 Å². The highest BCUT2D eigenvalue weighted by Crippen LogP contribution is 2.20. The average Bonchev–Trinajstić information content (AvgIpc) is 3.33. The number of nitrogens with zero attached hydrogens (tertiary/aromatic N) is 3. The molecule has 10 nitrogen and oxygen atoms in total. The third-order valence-electron chi connectivity index (χ3n) is 6.61. The maximum atomic E-state index is 13.6. The second-order valence-corrected chi connectivity index (χ2v) is 9.46. The maximum Gasteiger partial charge on any atom is 0.335 e. The zero-order valence-electron chi connectivity index (χ0n) is 21.6. The van der Waals surface area contributed by atoms with Crippen LogP contribution in [0, 0.1) is 0 Å². The fourth-order valence-corrected chi connectivity index (χ4v) is 4.59. The van der Waals surface area contributed by atoms with Gasteiger partial charge in [0.15, 0.2) is 5.95 Å². The fourth-order valence-electron chi connectivity index (χ4n) is 4.59. The van der Waals surface area contributed by atoms with E-state index in [0.717, 1.165) is 23.0 Å². The molecule has 0 aliphatic heterocycles. The summed E-state index contributed by atoms with van der Waals surface area (Å²) >= 11 is 0. The predicted molar refractivity (Wildman–Crippen MR) is 152 cm³/mol. The van der Waals surface area contributed by atoms with Gasteiger partial charge in [-0.3, -0.25) is 19.1 Å². The Morgan fingerprint density at radius 1 is 0.975 bits per heavy atom. The van der Waals surface area contributed by atoms with Gasteiger partial charge in [-0.25, -0.2) is 9.78 Å². The number of hydrogen-bond donors (Lipinski definition) is 4. The molecule has 202 valence electrons. The zero-order valence-corrected chi connectivity index (χ0v) is 21.6. The summed E-state index contributed by atoms with van der Waals surface area (Å²) in [7, 11) is 0. The second kappa shape index (κ2) is 11.6. The molecule has 0 saturated carbocycles. The second-order valence-electron chi connectivity index (χ2n) is 9.46. The molecule has 0 aliphatic carbocycles. The molecule has 1 amide bonds. The van der Waals surface area contributed by atoms with Crippen molar-refractivity contribution >= 4 is 28.9 Å². The molecule has 5 N–H and O–H groups in total. The topological polar surface area (TPSA) is 156 Å². The fraction of sp³-hybridized carbons (Fsp3) is 0.167. The Labute approximate surface area is 229 Å². The van der Waals surface area contributed by atoms with Crippen LogP contribution >= 0.6 is 0 Å². The van der Waals surface area contributed by atoms with E-state index in [1.54, 1.807) is 12.1 Å². The van der Waals surface area contributed by atoms with E-state index in [9.17, 15) is 19.5 Å². The first-order valence-electron chi connectivity index (χ1n) is 12.8. The number of hydrogen-bond acceptors (Lipinski definition) is 6. The number of nitrogens with one attached hydrogen (secondary N) is 2. The SMILES string of the molecule is Nc1nc2ccc(CNC(=O)Cn3c(-c4cccc(C(=O)O)c4)cnc(CCCc4ccccc4)c3=O)cc2[nH]1. The van der Waals surface area contributed by atoms with Crippen LogP contribution in [0.4, 0.5) is 5.95 Å². The van der Waals surface area contributed by atoms with Gasteiger partial charge in [-0.1, -0.05) is 48.5 Å². The van der Waals surface area contributed by atoms with Gasteiger partial charge in [-0.05, 0) is 54.7 Å². The lowest BCUT2D eigenvalue weighted by atomic mass is 10.1. The predicted octanol–water partition coefficient (Wildman–Crippen LogP) is 3.56. The molecule has 2 heterocycles. The highest BCUT2D eigenvalue weighted by atomic mass is 16.4. The molecule has 0 radical (unpaired) electrons. The van der Waals surface area contributed by atoms with Crippen LogP contribution in [-0.4, -0.2) is 36.5 Å². The Morgan fingerprint density at radius 3 is 2.60 bits per heavy atom. The van der Waals surface area contributed by atoms with Crippen molar-refractivity contribution in [2.24, 2.45) is 0 Å². The average molecular weight is 537 g/mol. The van der Waals surface area contributed by atoms with Gasteiger partial charge in [0.2, 0.25) is 5.91 Å². The Morgan fingerprint density at radius 2 is 1.80 bits per heavy atom. The van der Waals surface area contributed by atoms with Crippen LogP contribution in [0.3, 0.4) is 0 Å². The lowest BCUT2D eigenvalue weighted by molar-refractivity contribution is -0.121. The molecule has 2 aromatic heterocycles. The summed E-state index contributed by atoms with van der Waals surface area (Å²) in [6.07, 6.45) is 3.48. The first-order valence-corrected chi connectivity index (χ1v) is 12.8. The number of carboxylic acid groups (broad SMARTS) is 1. The molecular formula is C30H28N6O4. The van der Waals surface area contributed by atoms with Gasteiger partial charge in [-0.15, -0.1) is 0 Å². The molecule has 40 heavy (non-hydrogen) atoms. The number of fused-ring (bicyclic) bond motifs is 1. The number of aromatic nitrogens is 4. The van der Waals surface area contributed by atoms with Crippen LogP contribution in [0.15, 0.2) is 83.8 Å². The number of aromatic amines is 1. The maximum absolute atomic E-state index is 13.6. The minimum Gasteiger partial charge on any atom is -0.478 e. The summed E-state index contributed by atoms with van der Waals surface area (Å²) in [6.45, 7) is -0.0137. The number of imidazole rings is 1. The molecule has 0 spiro atoms. The Bertz CT molecular complexity index is 1740. The van der Waals surface area contributed by atoms with E-state index in [2.05, 4.69) is 20.3 Å². The minimum atomic E-state index is -1.09. The summed E-state index contributed by atoms with van der Waals surface area (Å²) in [6, 6.07) is 21.7.